The molecule has 0 spiro atoms. The van der Waals surface area contributed by atoms with E-state index in [0.29, 0.717) is 35.9 Å². The number of unbranched alkanes of at least 4 members (excludes halogenated alkanes) is 5. The van der Waals surface area contributed by atoms with Crippen LogP contribution in [-0.2, 0) is 9.59 Å². The third-order valence-electron chi connectivity index (χ3n) is 5.86. The molecule has 8 heteroatoms. The number of carboxylic acid groups (broad SMARTS) is 1. The van der Waals surface area contributed by atoms with E-state index in [1.807, 2.05) is 32.0 Å². The van der Waals surface area contributed by atoms with Crippen LogP contribution in [0.15, 0.2) is 23.1 Å². The Morgan fingerprint density at radius 2 is 1.80 bits per heavy atom. The smallest absolute Gasteiger partial charge is 0.326 e. The number of thioether (sulfide) groups is 1. The number of aliphatic carboxylic acids is 1. The Labute approximate surface area is 219 Å². The minimum atomic E-state index is -1.03. The molecular formula is C27H39NO5S2. The zero-order valence-electron chi connectivity index (χ0n) is 21.4. The van der Waals surface area contributed by atoms with Gasteiger partial charge in [-0.15, -0.1) is 0 Å². The number of thiocarbonyl (C=S) groups is 1. The van der Waals surface area contributed by atoms with E-state index in [-0.39, 0.29) is 16.3 Å². The van der Waals surface area contributed by atoms with Crippen LogP contribution >= 0.6 is 24.0 Å². The van der Waals surface area contributed by atoms with Crippen molar-refractivity contribution in [1.29, 1.82) is 0 Å². The molecule has 35 heavy (non-hydrogen) atoms. The van der Waals surface area contributed by atoms with Crippen LogP contribution in [0.4, 0.5) is 0 Å². The number of carbonyl (C=O) groups excluding carboxylic acids is 1. The van der Waals surface area contributed by atoms with Crippen molar-refractivity contribution in [3.05, 3.63) is 28.7 Å². The number of nitrogens with zero attached hydrogens (tertiary/aromatic N) is 1. The predicted molar refractivity (Wildman–Crippen MR) is 147 cm³/mol. The number of ether oxygens (including phenoxy) is 2. The lowest BCUT2D eigenvalue weighted by Gasteiger charge is -2.22. The van der Waals surface area contributed by atoms with Gasteiger partial charge in [0.15, 0.2) is 11.5 Å². The summed E-state index contributed by atoms with van der Waals surface area (Å²) >= 11 is 6.51. The van der Waals surface area contributed by atoms with Crippen LogP contribution in [0, 0.1) is 0 Å². The molecule has 0 unspecified atom stereocenters. The Hall–Kier alpha value is -2.06. The van der Waals surface area contributed by atoms with Crippen LogP contribution < -0.4 is 9.47 Å². The number of hydrogen-bond donors (Lipinski definition) is 1. The molecule has 1 aromatic rings. The number of rotatable bonds is 16. The van der Waals surface area contributed by atoms with Crippen molar-refractivity contribution in [2.24, 2.45) is 0 Å². The number of benzene rings is 1. The van der Waals surface area contributed by atoms with Gasteiger partial charge in [-0.1, -0.05) is 82.4 Å². The topological polar surface area (TPSA) is 76.1 Å². The van der Waals surface area contributed by atoms with E-state index >= 15 is 0 Å². The molecule has 2 atom stereocenters. The van der Waals surface area contributed by atoms with E-state index in [2.05, 4.69) is 13.8 Å². The normalized spacial score (nSPS) is 16.6. The fourth-order valence-electron chi connectivity index (χ4n) is 3.95. The van der Waals surface area contributed by atoms with Gasteiger partial charge in [0, 0.05) is 0 Å². The molecule has 0 bridgehead atoms. The van der Waals surface area contributed by atoms with Crippen LogP contribution in [-0.4, -0.2) is 45.0 Å². The number of hydrogen-bond acceptors (Lipinski definition) is 6. The second-order valence-corrected chi connectivity index (χ2v) is 10.5. The molecule has 1 amide bonds. The summed E-state index contributed by atoms with van der Waals surface area (Å²) in [6, 6.07) is 4.66. The van der Waals surface area contributed by atoms with Gasteiger partial charge in [-0.25, -0.2) is 4.79 Å². The van der Waals surface area contributed by atoms with Crippen molar-refractivity contribution in [2.75, 3.05) is 6.61 Å². The molecule has 1 heterocycles. The third kappa shape index (κ3) is 8.83. The molecule has 1 aromatic carbocycles. The monoisotopic (exact) mass is 521 g/mol. The van der Waals surface area contributed by atoms with Crippen LogP contribution in [0.2, 0.25) is 0 Å². The second-order valence-electron chi connectivity index (χ2n) is 8.82. The Kier molecular flexibility index (Phi) is 12.6. The average molecular weight is 522 g/mol. The fourth-order valence-corrected chi connectivity index (χ4v) is 5.31. The van der Waals surface area contributed by atoms with Crippen molar-refractivity contribution in [1.82, 2.24) is 4.90 Å². The van der Waals surface area contributed by atoms with E-state index < -0.39 is 12.0 Å². The molecule has 1 N–H and O–H groups in total. The zero-order chi connectivity index (χ0) is 25.8. The summed E-state index contributed by atoms with van der Waals surface area (Å²) in [5.41, 5.74) is 0.772. The molecule has 0 aliphatic carbocycles. The largest absolute Gasteiger partial charge is 0.490 e. The zero-order valence-corrected chi connectivity index (χ0v) is 23.0. The maximum absolute atomic E-state index is 13.0. The van der Waals surface area contributed by atoms with E-state index in [9.17, 15) is 14.7 Å². The standard InChI is InChI=1S/C27H39NO5S2/c1-5-8-10-11-12-13-19(4)33-22-16-15-20(17-23(22)32-7-3)18-24-25(29)28(27(34)35-24)21(26(30)31)14-9-6-2/h15-19,21H,5-14H2,1-4H3,(H,30,31)/b24-18+/t19-,21+/m0/s1. The molecule has 1 aliphatic rings. The van der Waals surface area contributed by atoms with E-state index in [0.717, 1.165) is 36.6 Å². The maximum atomic E-state index is 13.0. The fraction of sp³-hybridized carbons (Fsp3) is 0.593. The minimum absolute atomic E-state index is 0.0778. The molecule has 1 saturated heterocycles. The van der Waals surface area contributed by atoms with Gasteiger partial charge in [0.1, 0.15) is 10.4 Å². The van der Waals surface area contributed by atoms with Crippen LogP contribution in [0.5, 0.6) is 11.5 Å². The summed E-state index contributed by atoms with van der Waals surface area (Å²) in [5.74, 6) is -0.0851. The van der Waals surface area contributed by atoms with Gasteiger partial charge in [0.25, 0.3) is 5.91 Å². The molecule has 0 saturated carbocycles. The quantitative estimate of drug-likeness (QED) is 0.142. The number of carboxylic acids is 1. The highest BCUT2D eigenvalue weighted by Gasteiger charge is 2.40. The molecule has 194 valence electrons. The van der Waals surface area contributed by atoms with Gasteiger partial charge in [-0.3, -0.25) is 9.69 Å². The Morgan fingerprint density at radius 3 is 2.46 bits per heavy atom. The lowest BCUT2D eigenvalue weighted by atomic mass is 10.1. The van der Waals surface area contributed by atoms with Gasteiger partial charge < -0.3 is 14.6 Å². The van der Waals surface area contributed by atoms with Gasteiger partial charge in [-0.2, -0.15) is 0 Å². The van der Waals surface area contributed by atoms with E-state index in [1.165, 1.54) is 30.6 Å². The Bertz CT molecular complexity index is 902. The summed E-state index contributed by atoms with van der Waals surface area (Å²) in [6.45, 7) is 8.69. The summed E-state index contributed by atoms with van der Waals surface area (Å²) in [4.78, 5) is 26.5. The highest BCUT2D eigenvalue weighted by atomic mass is 32.2. The van der Waals surface area contributed by atoms with Gasteiger partial charge in [0.05, 0.1) is 17.6 Å². The van der Waals surface area contributed by atoms with Crippen molar-refractivity contribution < 1.29 is 24.2 Å². The minimum Gasteiger partial charge on any atom is -0.490 e. The second kappa shape index (κ2) is 15.1. The summed E-state index contributed by atoms with van der Waals surface area (Å²) in [6.07, 6.45) is 10.9. The first-order chi connectivity index (χ1) is 16.8. The maximum Gasteiger partial charge on any atom is 0.326 e. The van der Waals surface area contributed by atoms with Crippen molar-refractivity contribution in [3.63, 3.8) is 0 Å². The molecular weight excluding hydrogens is 482 g/mol. The van der Waals surface area contributed by atoms with Gasteiger partial charge >= 0.3 is 5.97 Å². The molecule has 1 aliphatic heterocycles. The first kappa shape index (κ1) is 29.2. The van der Waals surface area contributed by atoms with E-state index in [4.69, 9.17) is 21.7 Å². The lowest BCUT2D eigenvalue weighted by molar-refractivity contribution is -0.145. The van der Waals surface area contributed by atoms with Crippen LogP contribution in [0.25, 0.3) is 6.08 Å². The highest BCUT2D eigenvalue weighted by Crippen LogP contribution is 2.37. The third-order valence-corrected chi connectivity index (χ3v) is 7.19. The van der Waals surface area contributed by atoms with Crippen molar-refractivity contribution in [3.8, 4) is 11.5 Å². The van der Waals surface area contributed by atoms with E-state index in [1.54, 1.807) is 6.08 Å². The number of carbonyl (C=O) groups is 2. The Morgan fingerprint density at radius 1 is 1.09 bits per heavy atom. The molecule has 0 radical (unpaired) electrons. The van der Waals surface area contributed by atoms with Gasteiger partial charge in [0.2, 0.25) is 0 Å². The summed E-state index contributed by atoms with van der Waals surface area (Å²) < 4.78 is 12.3. The van der Waals surface area contributed by atoms with Crippen LogP contribution in [0.1, 0.15) is 91.0 Å². The Balaban J connectivity index is 2.14. The van der Waals surface area contributed by atoms with Crippen molar-refractivity contribution in [2.45, 2.75) is 97.6 Å². The SMILES string of the molecule is CCCCCCC[C@H](C)Oc1ccc(/C=C2/SC(=S)N([C@H](CCCC)C(=O)O)C2=O)cc1OCC. The highest BCUT2D eigenvalue weighted by molar-refractivity contribution is 8.26. The molecule has 2 rings (SSSR count). The lowest BCUT2D eigenvalue weighted by Crippen LogP contribution is -2.43. The summed E-state index contributed by atoms with van der Waals surface area (Å²) in [7, 11) is 0. The molecule has 0 aromatic heterocycles. The molecule has 1 fully saturated rings. The predicted octanol–water partition coefficient (Wildman–Crippen LogP) is 7.06. The first-order valence-corrected chi connectivity index (χ1v) is 14.0. The van der Waals surface area contributed by atoms with Crippen molar-refractivity contribution >= 4 is 46.3 Å². The molecule has 6 nitrogen and oxygen atoms in total. The number of amides is 1. The van der Waals surface area contributed by atoms with Crippen LogP contribution in [0.3, 0.4) is 0 Å². The summed E-state index contributed by atoms with van der Waals surface area (Å²) in [5, 5.41) is 9.65. The van der Waals surface area contributed by atoms with Gasteiger partial charge in [-0.05, 0) is 56.9 Å². The first-order valence-electron chi connectivity index (χ1n) is 12.8. The average Bonchev–Trinajstić information content (AvgIpc) is 3.08.